The molecule has 50 heavy (non-hydrogen) atoms. The number of ether oxygens (including phenoxy) is 2. The molecule has 3 aliphatic rings. The van der Waals surface area contributed by atoms with E-state index in [1.165, 1.54) is 66.9 Å². The molecule has 1 saturated heterocycles. The van der Waals surface area contributed by atoms with E-state index in [0.717, 1.165) is 62.4 Å². The average molecular weight is 698 g/mol. The van der Waals surface area contributed by atoms with Crippen molar-refractivity contribution in [3.63, 3.8) is 0 Å². The molecule has 0 spiro atoms. The number of hydrogen-bond acceptors (Lipinski definition) is 5. The fourth-order valence-corrected chi connectivity index (χ4v) is 10.4. The Labute approximate surface area is 306 Å². The lowest BCUT2D eigenvalue weighted by molar-refractivity contribution is 0.122. The van der Waals surface area contributed by atoms with Crippen LogP contribution in [-0.2, 0) is 15.8 Å². The third-order valence-electron chi connectivity index (χ3n) is 11.2. The summed E-state index contributed by atoms with van der Waals surface area (Å²) in [4.78, 5) is 5.04. The van der Waals surface area contributed by atoms with Crippen molar-refractivity contribution in [1.29, 1.82) is 0 Å². The van der Waals surface area contributed by atoms with E-state index >= 15 is 0 Å². The minimum Gasteiger partial charge on any atom is -0.472 e. The number of benzene rings is 5. The molecule has 2 unspecified atom stereocenters. The first kappa shape index (κ1) is 33.5. The van der Waals surface area contributed by atoms with Gasteiger partial charge in [-0.3, -0.25) is 0 Å². The Balaban J connectivity index is 1.41. The van der Waals surface area contributed by atoms with Crippen LogP contribution in [0.3, 0.4) is 0 Å². The zero-order valence-electron chi connectivity index (χ0n) is 29.8. The van der Waals surface area contributed by atoms with Gasteiger partial charge in [-0.25, -0.2) is 0 Å². The monoisotopic (exact) mass is 697 g/mol. The molecule has 256 valence electrons. The normalized spacial score (nSPS) is 20.8. The maximum atomic E-state index is 7.73. The van der Waals surface area contributed by atoms with E-state index in [9.17, 15) is 0 Å². The molecule has 2 heterocycles. The van der Waals surface area contributed by atoms with Gasteiger partial charge < -0.3 is 14.4 Å². The van der Waals surface area contributed by atoms with Gasteiger partial charge in [0.05, 0.1) is 13.2 Å². The Morgan fingerprint density at radius 2 is 1.42 bits per heavy atom. The van der Waals surface area contributed by atoms with Crippen LogP contribution in [0.1, 0.15) is 73.8 Å². The molecule has 0 amide bonds. The fourth-order valence-electron chi connectivity index (χ4n) is 8.95. The summed E-state index contributed by atoms with van der Waals surface area (Å²) in [5, 5.41) is 2.51. The Bertz CT molecular complexity index is 2050. The smallest absolute Gasteiger partial charge is 0.178 e. The van der Waals surface area contributed by atoms with Crippen molar-refractivity contribution in [2.24, 2.45) is 0 Å². The third kappa shape index (κ3) is 5.31. The van der Waals surface area contributed by atoms with E-state index in [0.29, 0.717) is 0 Å². The maximum Gasteiger partial charge on any atom is 0.178 e. The van der Waals surface area contributed by atoms with Gasteiger partial charge in [0.2, 0.25) is 0 Å². The predicted octanol–water partition coefficient (Wildman–Crippen LogP) is 11.7. The first-order valence-corrected chi connectivity index (χ1v) is 20.8. The second-order valence-electron chi connectivity index (χ2n) is 13.9. The maximum absolute atomic E-state index is 7.73. The molecule has 0 radical (unpaired) electrons. The van der Waals surface area contributed by atoms with Gasteiger partial charge >= 0.3 is 0 Å². The van der Waals surface area contributed by atoms with Crippen molar-refractivity contribution in [3.8, 4) is 16.9 Å². The van der Waals surface area contributed by atoms with Crippen molar-refractivity contribution >= 4 is 46.1 Å². The molecule has 1 fully saturated rings. The van der Waals surface area contributed by atoms with Crippen LogP contribution in [0.4, 0.5) is 5.69 Å². The molecule has 0 bridgehead atoms. The molecule has 5 aromatic carbocycles. The molecule has 3 nitrogen and oxygen atoms in total. The lowest BCUT2D eigenvalue weighted by atomic mass is 9.69. The topological polar surface area (TPSA) is 21.7 Å². The van der Waals surface area contributed by atoms with Gasteiger partial charge in [-0.1, -0.05) is 106 Å². The van der Waals surface area contributed by atoms with Gasteiger partial charge in [0.15, 0.2) is 5.60 Å². The zero-order valence-corrected chi connectivity index (χ0v) is 31.4. The molecule has 8 rings (SSSR count). The summed E-state index contributed by atoms with van der Waals surface area (Å²) in [6.45, 7) is 8.06. The molecule has 0 aromatic heterocycles. The first-order valence-electron chi connectivity index (χ1n) is 18.3. The van der Waals surface area contributed by atoms with Gasteiger partial charge in [0.1, 0.15) is 5.75 Å². The quantitative estimate of drug-likeness (QED) is 0.135. The number of thioether (sulfide) groups is 2. The second-order valence-corrected chi connectivity index (χ2v) is 15.6. The highest BCUT2D eigenvalue weighted by Crippen LogP contribution is 2.61. The van der Waals surface area contributed by atoms with Gasteiger partial charge in [-0.15, -0.1) is 23.5 Å². The molecule has 2 atom stereocenters. The summed E-state index contributed by atoms with van der Waals surface area (Å²) in [6, 6.07) is 34.1. The summed E-state index contributed by atoms with van der Waals surface area (Å²) in [7, 11) is 0. The van der Waals surface area contributed by atoms with Crippen LogP contribution >= 0.6 is 23.5 Å². The highest BCUT2D eigenvalue weighted by atomic mass is 32.2. The minimum absolute atomic E-state index is 0.0626. The van der Waals surface area contributed by atoms with Gasteiger partial charge in [-0.2, -0.15) is 0 Å². The Morgan fingerprint density at radius 1 is 0.740 bits per heavy atom. The second kappa shape index (κ2) is 13.8. The summed E-state index contributed by atoms with van der Waals surface area (Å²) in [5.74, 6) is 1.01. The Hall–Kier alpha value is -3.64. The molecular weight excluding hydrogens is 651 g/mol. The number of rotatable bonds is 10. The van der Waals surface area contributed by atoms with E-state index < -0.39 is 5.60 Å². The van der Waals surface area contributed by atoms with Crippen molar-refractivity contribution < 1.29 is 9.47 Å². The SMILES string of the molecule is CCCCC1(CCC)c2ccccc2-c2c1c1c(c3cc(SC)c(SC)cc23)OC(c2ccccc2)(c2ccc(N3CCOCC3)cc2)C=C1. The Morgan fingerprint density at radius 3 is 2.12 bits per heavy atom. The molecule has 2 aliphatic heterocycles. The summed E-state index contributed by atoms with van der Waals surface area (Å²) in [5.41, 5.74) is 9.70. The molecule has 0 saturated carbocycles. The number of nitrogens with zero attached hydrogens (tertiary/aromatic N) is 1. The number of unbranched alkanes of at least 4 members (excludes halogenated alkanes) is 1. The molecule has 5 heteroatoms. The number of morpholine rings is 1. The fraction of sp³-hybridized carbons (Fsp3) is 0.333. The van der Waals surface area contributed by atoms with Crippen molar-refractivity contribution in [3.05, 3.63) is 125 Å². The van der Waals surface area contributed by atoms with Gasteiger partial charge in [0, 0.05) is 56.1 Å². The van der Waals surface area contributed by atoms with Crippen LogP contribution in [-0.4, -0.2) is 38.8 Å². The van der Waals surface area contributed by atoms with Gasteiger partial charge in [-0.05, 0) is 83.3 Å². The van der Waals surface area contributed by atoms with Crippen LogP contribution in [0.15, 0.2) is 107 Å². The lowest BCUT2D eigenvalue weighted by Gasteiger charge is -2.40. The van der Waals surface area contributed by atoms with Crippen LogP contribution in [0.5, 0.6) is 5.75 Å². The number of fused-ring (bicyclic) bond motifs is 8. The Kier molecular flexibility index (Phi) is 9.26. The summed E-state index contributed by atoms with van der Waals surface area (Å²) >= 11 is 3.67. The van der Waals surface area contributed by atoms with E-state index in [-0.39, 0.29) is 5.41 Å². The highest BCUT2D eigenvalue weighted by Gasteiger charge is 2.47. The number of hydrogen-bond donors (Lipinski definition) is 0. The highest BCUT2D eigenvalue weighted by molar-refractivity contribution is 8.01. The molecule has 5 aromatic rings. The number of anilines is 1. The summed E-state index contributed by atoms with van der Waals surface area (Å²) < 4.78 is 13.4. The largest absolute Gasteiger partial charge is 0.472 e. The van der Waals surface area contributed by atoms with Crippen LogP contribution in [0, 0.1) is 0 Å². The van der Waals surface area contributed by atoms with Crippen LogP contribution in [0.25, 0.3) is 28.0 Å². The summed E-state index contributed by atoms with van der Waals surface area (Å²) in [6.07, 6.45) is 14.9. The van der Waals surface area contributed by atoms with E-state index in [4.69, 9.17) is 9.47 Å². The molecular formula is C45H47NO2S2. The van der Waals surface area contributed by atoms with Crippen LogP contribution in [0.2, 0.25) is 0 Å². The van der Waals surface area contributed by atoms with Crippen molar-refractivity contribution in [1.82, 2.24) is 0 Å². The van der Waals surface area contributed by atoms with Crippen LogP contribution < -0.4 is 9.64 Å². The van der Waals surface area contributed by atoms with E-state index in [1.807, 2.05) is 23.5 Å². The van der Waals surface area contributed by atoms with Gasteiger partial charge in [0.25, 0.3) is 0 Å². The van der Waals surface area contributed by atoms with E-state index in [1.54, 1.807) is 0 Å². The first-order chi connectivity index (χ1) is 24.6. The lowest BCUT2D eigenvalue weighted by Crippen LogP contribution is -2.37. The van der Waals surface area contributed by atoms with E-state index in [2.05, 4.69) is 134 Å². The standard InChI is InChI=1S/C45H47NO2S2/c1-5-7-23-44(22-6-2)38-16-12-11-15-34(38)41-36-29-39(49-3)40(50-4)30-37(36)43-35(42(41)44)21-24-45(48-43,31-13-9-8-10-14-31)32-17-19-33(20-18-32)46-25-27-47-28-26-46/h8-21,24,29-30H,5-7,22-23,25-28H2,1-4H3. The van der Waals surface area contributed by atoms with Crippen molar-refractivity contribution in [2.75, 3.05) is 43.7 Å². The predicted molar refractivity (Wildman–Crippen MR) is 215 cm³/mol. The zero-order chi connectivity index (χ0) is 34.3. The minimum atomic E-state index is -0.779. The molecule has 1 aliphatic carbocycles. The average Bonchev–Trinajstić information content (AvgIpc) is 3.47. The van der Waals surface area contributed by atoms with Crippen molar-refractivity contribution in [2.45, 2.75) is 66.8 Å². The third-order valence-corrected chi connectivity index (χ3v) is 12.9. The molecule has 0 N–H and O–H groups in total.